The second-order valence-electron chi connectivity index (χ2n) is 4.74. The van der Waals surface area contributed by atoms with Crippen LogP contribution >= 0.6 is 0 Å². The number of carbonyl (C=O) groups is 2. The average molecular weight is 309 g/mol. The average Bonchev–Trinajstić information content (AvgIpc) is 2.28. The summed E-state index contributed by atoms with van der Waals surface area (Å²) >= 11 is -2.34. The molecular formula is C13H16GeO4. The van der Waals surface area contributed by atoms with Gasteiger partial charge < -0.3 is 0 Å². The fourth-order valence-corrected chi connectivity index (χ4v) is 3.46. The first-order valence-corrected chi connectivity index (χ1v) is 12.8. The molecule has 0 N–H and O–H groups in total. The molecular weight excluding hydrogens is 293 g/mol. The third-order valence-electron chi connectivity index (χ3n) is 2.18. The van der Waals surface area contributed by atoms with Crippen molar-refractivity contribution in [1.82, 2.24) is 0 Å². The van der Waals surface area contributed by atoms with Crippen molar-refractivity contribution in [3.05, 3.63) is 42.7 Å². The Bertz CT molecular complexity index is 457. The normalized spacial score (nSPS) is 10.6. The molecule has 5 heteroatoms. The monoisotopic (exact) mass is 310 g/mol. The zero-order valence-corrected chi connectivity index (χ0v) is 12.8. The van der Waals surface area contributed by atoms with Crippen molar-refractivity contribution in [2.24, 2.45) is 0 Å². The molecule has 0 heterocycles. The van der Waals surface area contributed by atoms with E-state index in [0.717, 1.165) is 6.26 Å². The van der Waals surface area contributed by atoms with Crippen LogP contribution in [0.4, 0.5) is 4.79 Å². The first-order valence-electron chi connectivity index (χ1n) is 5.49. The standard InChI is InChI=1S/C13H16GeO4/c1-5-17-13(16)18-11-8-6-10(7-9-11)12(15)14(2,3)4/h5-9H,1H2,2-4H3. The molecule has 0 radical (unpaired) electrons. The fourth-order valence-electron chi connectivity index (χ4n) is 1.30. The topological polar surface area (TPSA) is 52.6 Å². The number of hydrogen-bond donors (Lipinski definition) is 0. The van der Waals surface area contributed by atoms with E-state index in [4.69, 9.17) is 4.74 Å². The van der Waals surface area contributed by atoms with E-state index in [9.17, 15) is 9.59 Å². The van der Waals surface area contributed by atoms with E-state index in [2.05, 4.69) is 11.3 Å². The summed E-state index contributed by atoms with van der Waals surface area (Å²) in [5.74, 6) is 6.44. The number of carbonyl (C=O) groups excluding carboxylic acids is 2. The van der Waals surface area contributed by atoms with Crippen LogP contribution in [0.3, 0.4) is 0 Å². The first kappa shape index (κ1) is 14.5. The molecule has 0 amide bonds. The maximum atomic E-state index is 12.0. The molecule has 4 nitrogen and oxygen atoms in total. The summed E-state index contributed by atoms with van der Waals surface area (Å²) in [7, 11) is 0. The van der Waals surface area contributed by atoms with Gasteiger partial charge in [-0.3, -0.25) is 0 Å². The van der Waals surface area contributed by atoms with E-state index in [1.807, 2.05) is 17.3 Å². The number of benzene rings is 1. The molecule has 0 bridgehead atoms. The van der Waals surface area contributed by atoms with E-state index >= 15 is 0 Å². The zero-order chi connectivity index (χ0) is 13.8. The summed E-state index contributed by atoms with van der Waals surface area (Å²) in [6.45, 7) is 3.25. The minimum atomic E-state index is -2.34. The van der Waals surface area contributed by atoms with Crippen molar-refractivity contribution in [1.29, 1.82) is 0 Å². The van der Waals surface area contributed by atoms with Crippen molar-refractivity contribution < 1.29 is 19.1 Å². The molecule has 0 aromatic heterocycles. The van der Waals surface area contributed by atoms with Crippen LogP contribution in [0.5, 0.6) is 5.75 Å². The Labute approximate surface area is 109 Å². The van der Waals surface area contributed by atoms with Crippen LogP contribution in [-0.4, -0.2) is 24.0 Å². The molecule has 0 aliphatic rings. The van der Waals surface area contributed by atoms with Crippen LogP contribution in [-0.2, 0) is 4.74 Å². The molecule has 18 heavy (non-hydrogen) atoms. The van der Waals surface area contributed by atoms with Crippen LogP contribution < -0.4 is 4.74 Å². The molecule has 0 saturated heterocycles. The Morgan fingerprint density at radius 1 is 1.17 bits per heavy atom. The van der Waals surface area contributed by atoms with E-state index in [0.29, 0.717) is 11.3 Å². The van der Waals surface area contributed by atoms with Crippen molar-refractivity contribution >= 4 is 24.0 Å². The van der Waals surface area contributed by atoms with Gasteiger partial charge in [-0.25, -0.2) is 0 Å². The Hall–Kier alpha value is -1.56. The summed E-state index contributed by atoms with van der Waals surface area (Å²) in [5, 5.41) is 0. The summed E-state index contributed by atoms with van der Waals surface area (Å²) < 4.78 is 9.49. The molecule has 0 aliphatic carbocycles. The molecule has 1 rings (SSSR count). The number of rotatable bonds is 4. The van der Waals surface area contributed by atoms with Gasteiger partial charge in [-0.2, -0.15) is 0 Å². The molecule has 0 unspecified atom stereocenters. The Kier molecular flexibility index (Phi) is 4.72. The van der Waals surface area contributed by atoms with Gasteiger partial charge in [-0.05, 0) is 0 Å². The predicted octanol–water partition coefficient (Wildman–Crippen LogP) is 3.41. The van der Waals surface area contributed by atoms with Gasteiger partial charge in [-0.15, -0.1) is 0 Å². The summed E-state index contributed by atoms with van der Waals surface area (Å²) in [6.07, 6.45) is 0.144. The first-order chi connectivity index (χ1) is 8.34. The molecule has 96 valence electrons. The van der Waals surface area contributed by atoms with Gasteiger partial charge >= 0.3 is 109 Å². The molecule has 0 fully saturated rings. The van der Waals surface area contributed by atoms with Gasteiger partial charge in [0.1, 0.15) is 0 Å². The Balaban J connectivity index is 2.77. The number of ether oxygens (including phenoxy) is 2. The zero-order valence-electron chi connectivity index (χ0n) is 10.7. The summed E-state index contributed by atoms with van der Waals surface area (Å²) in [6, 6.07) is 6.47. The van der Waals surface area contributed by atoms with Gasteiger partial charge in [0.15, 0.2) is 0 Å². The SMILES string of the molecule is C=COC(=O)Oc1ccc([C](=O)[Ge]([CH3])([CH3])[CH3])cc1. The summed E-state index contributed by atoms with van der Waals surface area (Å²) in [5.41, 5.74) is 0.659. The number of hydrogen-bond acceptors (Lipinski definition) is 4. The molecule has 0 atom stereocenters. The predicted molar refractivity (Wildman–Crippen MR) is 71.4 cm³/mol. The molecule has 1 aromatic rings. The third-order valence-corrected chi connectivity index (χ3v) is 5.64. The van der Waals surface area contributed by atoms with Crippen molar-refractivity contribution in [3.8, 4) is 5.75 Å². The van der Waals surface area contributed by atoms with Crippen LogP contribution in [0, 0.1) is 0 Å². The molecule has 0 spiro atoms. The second-order valence-corrected chi connectivity index (χ2v) is 15.1. The third kappa shape index (κ3) is 4.03. The van der Waals surface area contributed by atoms with Crippen molar-refractivity contribution in [3.63, 3.8) is 0 Å². The maximum absolute atomic E-state index is 12.0. The minimum absolute atomic E-state index is 0.218. The quantitative estimate of drug-likeness (QED) is 0.370. The summed E-state index contributed by atoms with van der Waals surface area (Å²) in [4.78, 5) is 23.1. The van der Waals surface area contributed by atoms with Crippen molar-refractivity contribution in [2.75, 3.05) is 0 Å². The second kappa shape index (κ2) is 5.86. The van der Waals surface area contributed by atoms with Crippen LogP contribution in [0.2, 0.25) is 17.3 Å². The van der Waals surface area contributed by atoms with Crippen LogP contribution in [0.1, 0.15) is 10.4 Å². The molecule has 1 aromatic carbocycles. The van der Waals surface area contributed by atoms with E-state index < -0.39 is 19.4 Å². The van der Waals surface area contributed by atoms with Gasteiger partial charge in [0.2, 0.25) is 0 Å². The molecule has 0 aliphatic heterocycles. The Morgan fingerprint density at radius 3 is 2.17 bits per heavy atom. The van der Waals surface area contributed by atoms with E-state index in [-0.39, 0.29) is 4.62 Å². The van der Waals surface area contributed by atoms with E-state index in [1.54, 1.807) is 24.3 Å². The van der Waals surface area contributed by atoms with E-state index in [1.165, 1.54) is 0 Å². The van der Waals surface area contributed by atoms with Gasteiger partial charge in [0.25, 0.3) is 0 Å². The molecule has 0 saturated carbocycles. The fraction of sp³-hybridized carbons (Fsp3) is 0.231. The van der Waals surface area contributed by atoms with Gasteiger partial charge in [0.05, 0.1) is 0 Å². The van der Waals surface area contributed by atoms with Crippen LogP contribution in [0.15, 0.2) is 37.1 Å². The Morgan fingerprint density at radius 2 is 1.72 bits per heavy atom. The van der Waals surface area contributed by atoms with Crippen LogP contribution in [0.25, 0.3) is 0 Å². The van der Waals surface area contributed by atoms with Gasteiger partial charge in [0, 0.05) is 0 Å². The van der Waals surface area contributed by atoms with Gasteiger partial charge in [-0.1, -0.05) is 0 Å². The van der Waals surface area contributed by atoms with Crippen molar-refractivity contribution in [2.45, 2.75) is 17.3 Å².